The highest BCUT2D eigenvalue weighted by atomic mass is 16.6. The van der Waals surface area contributed by atoms with Crippen LogP contribution >= 0.6 is 0 Å². The molecule has 1 atom stereocenters. The minimum absolute atomic E-state index is 0.127. The second-order valence-electron chi connectivity index (χ2n) is 19.5. The Morgan fingerprint density at radius 1 is 0.253 bits per heavy atom. The van der Waals surface area contributed by atoms with E-state index in [0.29, 0.717) is 19.3 Å². The molecule has 0 radical (unpaired) electrons. The Kier molecular flexibility index (Phi) is 60.1. The van der Waals surface area contributed by atoms with Gasteiger partial charge in [-0.1, -0.05) is 241 Å². The molecule has 79 heavy (non-hydrogen) atoms. The topological polar surface area (TPSA) is 78.9 Å². The predicted octanol–water partition coefficient (Wildman–Crippen LogP) is 21.4. The number of unbranched alkanes of at least 4 members (excludes halogenated alkanes) is 10. The third-order valence-electron chi connectivity index (χ3n) is 12.1. The van der Waals surface area contributed by atoms with Crippen molar-refractivity contribution >= 4 is 17.9 Å². The summed E-state index contributed by atoms with van der Waals surface area (Å²) in [7, 11) is 0. The summed E-state index contributed by atoms with van der Waals surface area (Å²) in [4.78, 5) is 38.3. The molecule has 0 aromatic heterocycles. The van der Waals surface area contributed by atoms with E-state index < -0.39 is 6.10 Å². The van der Waals surface area contributed by atoms with Gasteiger partial charge in [0.25, 0.3) is 0 Å². The maximum Gasteiger partial charge on any atom is 0.306 e. The summed E-state index contributed by atoms with van der Waals surface area (Å²) in [5, 5.41) is 0. The van der Waals surface area contributed by atoms with Gasteiger partial charge in [0.2, 0.25) is 0 Å². The van der Waals surface area contributed by atoms with Crippen molar-refractivity contribution in [2.45, 2.75) is 232 Å². The standard InChI is InChI=1S/C73H110O6/c1-4-7-10-13-16-19-22-25-28-30-32-34-36-38-40-42-45-48-51-54-57-60-63-66-72(75)78-69-70(68-77-71(74)65-62-59-56-53-50-47-44-27-24-21-18-15-12-9-6-3)79-73(76)67-64-61-58-55-52-49-46-43-41-39-37-35-33-31-29-26-23-20-17-14-11-8-5-2/h7-12,16-21,25-29,32-35,38-41,44-46,48-50,53,70H,4-6,13-15,22-24,30-31,36-37,42-43,47,51-52,54-69H2,1-3H3/b10-7-,11-8-,12-9-,19-16-,20-17-,21-18-,28-25-,29-26-,34-32-,35-33-,40-38-,41-39-,44-27-,48-45-,49-46-,53-50-. The molecule has 1 unspecified atom stereocenters. The zero-order valence-corrected chi connectivity index (χ0v) is 50.0. The van der Waals surface area contributed by atoms with Gasteiger partial charge in [-0.2, -0.15) is 0 Å². The van der Waals surface area contributed by atoms with Crippen LogP contribution in [0.15, 0.2) is 194 Å². The fourth-order valence-corrected chi connectivity index (χ4v) is 7.56. The lowest BCUT2D eigenvalue weighted by molar-refractivity contribution is -0.167. The fourth-order valence-electron chi connectivity index (χ4n) is 7.56. The molecule has 0 rings (SSSR count). The van der Waals surface area contributed by atoms with Crippen LogP contribution in [0.2, 0.25) is 0 Å². The number of allylic oxidation sites excluding steroid dienone is 32. The molecular formula is C73H110O6. The minimum Gasteiger partial charge on any atom is -0.462 e. The first-order valence-electron chi connectivity index (χ1n) is 30.9. The monoisotopic (exact) mass is 1080 g/mol. The second kappa shape index (κ2) is 64.8. The van der Waals surface area contributed by atoms with Crippen LogP contribution in [0.4, 0.5) is 0 Å². The largest absolute Gasteiger partial charge is 0.462 e. The molecule has 0 N–H and O–H groups in total. The highest BCUT2D eigenvalue weighted by molar-refractivity contribution is 5.71. The number of esters is 3. The average molecular weight is 1080 g/mol. The van der Waals surface area contributed by atoms with Crippen molar-refractivity contribution in [1.82, 2.24) is 0 Å². The number of carbonyl (C=O) groups excluding carboxylic acids is 3. The first kappa shape index (κ1) is 73.2. The first-order valence-corrected chi connectivity index (χ1v) is 30.9. The van der Waals surface area contributed by atoms with E-state index in [-0.39, 0.29) is 44.0 Å². The van der Waals surface area contributed by atoms with Crippen LogP contribution in [0.5, 0.6) is 0 Å². The number of hydrogen-bond donors (Lipinski definition) is 0. The van der Waals surface area contributed by atoms with Crippen molar-refractivity contribution < 1.29 is 28.6 Å². The molecule has 0 fully saturated rings. The van der Waals surface area contributed by atoms with E-state index in [2.05, 4.69) is 215 Å². The molecule has 0 spiro atoms. The van der Waals surface area contributed by atoms with E-state index in [1.165, 1.54) is 0 Å². The highest BCUT2D eigenvalue weighted by Crippen LogP contribution is 2.12. The molecule has 438 valence electrons. The summed E-state index contributed by atoms with van der Waals surface area (Å²) >= 11 is 0. The van der Waals surface area contributed by atoms with Gasteiger partial charge in [-0.3, -0.25) is 14.4 Å². The lowest BCUT2D eigenvalue weighted by atomic mass is 10.1. The summed E-state index contributed by atoms with van der Waals surface area (Å²) in [6, 6.07) is 0. The lowest BCUT2D eigenvalue weighted by Gasteiger charge is -2.18. The molecule has 6 nitrogen and oxygen atoms in total. The van der Waals surface area contributed by atoms with Gasteiger partial charge < -0.3 is 14.2 Å². The molecule has 0 aliphatic rings. The van der Waals surface area contributed by atoms with Crippen LogP contribution in [0.3, 0.4) is 0 Å². The Morgan fingerprint density at radius 2 is 0.456 bits per heavy atom. The van der Waals surface area contributed by atoms with E-state index in [4.69, 9.17) is 14.2 Å². The van der Waals surface area contributed by atoms with Crippen LogP contribution in [-0.4, -0.2) is 37.2 Å². The molecule has 0 aliphatic carbocycles. The lowest BCUT2D eigenvalue weighted by Crippen LogP contribution is -2.30. The highest BCUT2D eigenvalue weighted by Gasteiger charge is 2.19. The Labute approximate surface area is 484 Å². The average Bonchev–Trinajstić information content (AvgIpc) is 3.45. The quantitative estimate of drug-likeness (QED) is 0.0261. The van der Waals surface area contributed by atoms with Gasteiger partial charge in [-0.25, -0.2) is 0 Å². The third kappa shape index (κ3) is 63.0. The Bertz CT molecular complexity index is 1920. The van der Waals surface area contributed by atoms with Gasteiger partial charge in [0.05, 0.1) is 0 Å². The van der Waals surface area contributed by atoms with Crippen LogP contribution < -0.4 is 0 Å². The summed E-state index contributed by atoms with van der Waals surface area (Å²) in [5.41, 5.74) is 0. The summed E-state index contributed by atoms with van der Waals surface area (Å²) < 4.78 is 16.8. The maximum absolute atomic E-state index is 12.9. The maximum atomic E-state index is 12.9. The molecule has 0 aliphatic heterocycles. The van der Waals surface area contributed by atoms with Crippen molar-refractivity contribution in [3.05, 3.63) is 194 Å². The van der Waals surface area contributed by atoms with Gasteiger partial charge in [0, 0.05) is 19.3 Å². The second-order valence-corrected chi connectivity index (χ2v) is 19.5. The summed E-state index contributed by atoms with van der Waals surface area (Å²) in [5.74, 6) is -1.03. The smallest absolute Gasteiger partial charge is 0.306 e. The molecule has 0 heterocycles. The molecule has 0 aromatic rings. The fraction of sp³-hybridized carbons (Fsp3) is 0.521. The molecule has 0 saturated carbocycles. The van der Waals surface area contributed by atoms with Crippen molar-refractivity contribution in [1.29, 1.82) is 0 Å². The van der Waals surface area contributed by atoms with Crippen molar-refractivity contribution in [2.24, 2.45) is 0 Å². The Hall–Kier alpha value is -5.75. The van der Waals surface area contributed by atoms with Crippen molar-refractivity contribution in [3.63, 3.8) is 0 Å². The van der Waals surface area contributed by atoms with Crippen LogP contribution in [-0.2, 0) is 28.6 Å². The van der Waals surface area contributed by atoms with Gasteiger partial charge in [-0.05, 0) is 161 Å². The third-order valence-corrected chi connectivity index (χ3v) is 12.1. The van der Waals surface area contributed by atoms with Crippen LogP contribution in [0, 0.1) is 0 Å². The van der Waals surface area contributed by atoms with Crippen molar-refractivity contribution in [2.75, 3.05) is 13.2 Å². The summed E-state index contributed by atoms with van der Waals surface area (Å²) in [6.07, 6.45) is 98.5. The molecular weight excluding hydrogens is 973 g/mol. The zero-order chi connectivity index (χ0) is 57.1. The minimum atomic E-state index is -0.834. The van der Waals surface area contributed by atoms with Crippen LogP contribution in [0.1, 0.15) is 226 Å². The van der Waals surface area contributed by atoms with E-state index in [1.807, 2.05) is 0 Å². The predicted molar refractivity (Wildman–Crippen MR) is 343 cm³/mol. The molecule has 0 saturated heterocycles. The SMILES string of the molecule is CC/C=C\C/C=C\C/C=C\C/C=C\C/C=C\C/C=C\CCCCCCC(=O)OCC(COC(=O)CCCC/C=C\C/C=C\C/C=C\C/C=C\CC)OC(=O)CCCCCC/C=C\C/C=C\C/C=C\C/C=C\C/C=C\C/C=C\CC. The van der Waals surface area contributed by atoms with Crippen LogP contribution in [0.25, 0.3) is 0 Å². The number of hydrogen-bond acceptors (Lipinski definition) is 6. The summed E-state index contributed by atoms with van der Waals surface area (Å²) in [6.45, 7) is 6.20. The van der Waals surface area contributed by atoms with Gasteiger partial charge in [0.1, 0.15) is 13.2 Å². The van der Waals surface area contributed by atoms with Gasteiger partial charge in [-0.15, -0.1) is 0 Å². The zero-order valence-electron chi connectivity index (χ0n) is 50.0. The van der Waals surface area contributed by atoms with E-state index in [9.17, 15) is 14.4 Å². The van der Waals surface area contributed by atoms with E-state index >= 15 is 0 Å². The van der Waals surface area contributed by atoms with Gasteiger partial charge >= 0.3 is 17.9 Å². The van der Waals surface area contributed by atoms with E-state index in [0.717, 1.165) is 173 Å². The molecule has 0 amide bonds. The van der Waals surface area contributed by atoms with Crippen molar-refractivity contribution in [3.8, 4) is 0 Å². The molecule has 0 aromatic carbocycles. The number of rotatable bonds is 53. The molecule has 0 bridgehead atoms. The Balaban J connectivity index is 4.58. The normalized spacial score (nSPS) is 13.5. The number of ether oxygens (including phenoxy) is 3. The number of carbonyl (C=O) groups is 3. The Morgan fingerprint density at radius 3 is 0.722 bits per heavy atom. The first-order chi connectivity index (χ1) is 39.0. The van der Waals surface area contributed by atoms with E-state index in [1.54, 1.807) is 0 Å². The van der Waals surface area contributed by atoms with Gasteiger partial charge in [0.15, 0.2) is 6.10 Å². The molecule has 6 heteroatoms.